The summed E-state index contributed by atoms with van der Waals surface area (Å²) < 4.78 is 117. The third kappa shape index (κ3) is 21.5. The maximum atomic E-state index is 13.0. The molecule has 0 saturated carbocycles. The third-order valence-electron chi connectivity index (χ3n) is 23.8. The summed E-state index contributed by atoms with van der Waals surface area (Å²) in [4.78, 5) is 115. The molecule has 12 amide bonds. The minimum atomic E-state index is -4.31. The zero-order valence-corrected chi connectivity index (χ0v) is 80.8. The number of thiazole rings is 1. The molecule has 0 aliphatic heterocycles. The molecule has 39 nitrogen and oxygen atoms in total. The van der Waals surface area contributed by atoms with Gasteiger partial charge in [-0.05, 0) is 217 Å². The van der Waals surface area contributed by atoms with E-state index in [4.69, 9.17) is 11.6 Å². The molecule has 132 heavy (non-hydrogen) atoms. The van der Waals surface area contributed by atoms with Gasteiger partial charge in [-0.15, -0.1) is 11.3 Å². The quantitative estimate of drug-likeness (QED) is 0.0313. The van der Waals surface area contributed by atoms with Gasteiger partial charge in [0.1, 0.15) is 33.6 Å². The number of nitrogens with one attached hydrogen (secondary N) is 8. The van der Waals surface area contributed by atoms with Crippen LogP contribution in [0.25, 0.3) is 0 Å². The Morgan fingerprint density at radius 2 is 0.659 bits per heavy atom. The topological polar surface area (TPSA) is 484 Å². The summed E-state index contributed by atoms with van der Waals surface area (Å²) in [5.74, 6) is -0.863. The van der Waals surface area contributed by atoms with Crippen molar-refractivity contribution in [1.82, 2.24) is 92.1 Å². The Kier molecular flexibility index (Phi) is 29.1. The van der Waals surface area contributed by atoms with Gasteiger partial charge in [0.25, 0.3) is 63.7 Å². The van der Waals surface area contributed by atoms with Crippen molar-refractivity contribution in [1.29, 1.82) is 0 Å². The molecule has 0 unspecified atom stereocenters. The molecule has 0 bridgehead atoms. The number of aromatic nitrogens is 11. The van der Waals surface area contributed by atoms with Crippen LogP contribution in [0.1, 0.15) is 209 Å². The van der Waals surface area contributed by atoms with E-state index in [0.29, 0.717) is 16.5 Å². The van der Waals surface area contributed by atoms with E-state index in [-0.39, 0.29) is 58.6 Å². The molecule has 0 spiro atoms. The molecule has 8 N–H and O–H groups in total. The molecular weight excluding hydrogens is 1820 g/mol. The first kappa shape index (κ1) is 97.1. The number of amides is 12. The monoisotopic (exact) mass is 1930 g/mol. The Labute approximate surface area is 774 Å². The number of hydrogen-bond acceptors (Lipinski definition) is 23. The van der Waals surface area contributed by atoms with Gasteiger partial charge in [0.15, 0.2) is 20.1 Å². The molecule has 16 rings (SSSR count). The van der Waals surface area contributed by atoms with Crippen molar-refractivity contribution >= 4 is 134 Å². The highest BCUT2D eigenvalue weighted by Gasteiger charge is 2.36. The summed E-state index contributed by atoms with van der Waals surface area (Å²) in [5.41, 5.74) is 18.8. The zero-order valence-electron chi connectivity index (χ0n) is 76.0. The molecule has 0 saturated heterocycles. The number of anilines is 4. The third-order valence-corrected chi connectivity index (χ3v) is 29.6. The maximum Gasteiger partial charge on any atom is 0.333 e. The van der Waals surface area contributed by atoms with Gasteiger partial charge >= 0.3 is 24.1 Å². The second-order valence-electron chi connectivity index (χ2n) is 34.3. The normalized spacial score (nSPS) is 13.9. The van der Waals surface area contributed by atoms with Crippen molar-refractivity contribution in [3.05, 3.63) is 195 Å². The van der Waals surface area contributed by atoms with E-state index >= 15 is 0 Å². The average molecular weight is 1930 g/mol. The second-order valence-corrected chi connectivity index (χ2v) is 42.2. The number of sulfonamides is 4. The van der Waals surface area contributed by atoms with Crippen molar-refractivity contribution in [3.63, 3.8) is 0 Å². The number of carbonyl (C=O) groups excluding carboxylic acids is 8. The summed E-state index contributed by atoms with van der Waals surface area (Å²) in [6, 6.07) is 11.4. The van der Waals surface area contributed by atoms with Crippen molar-refractivity contribution in [2.75, 3.05) is 63.6 Å². The number of nitrogens with zero attached hydrogens (tertiary/aromatic N) is 15. The zero-order chi connectivity index (χ0) is 95.7. The lowest BCUT2D eigenvalue weighted by Crippen LogP contribution is -2.35. The van der Waals surface area contributed by atoms with E-state index in [9.17, 15) is 72.0 Å². The number of rotatable bonds is 22. The minimum Gasteiger partial charge on any atom is -0.343 e. The SMILES string of the molecule is CC(C)c1cc(Cl)cc(C(C)C)c1NC(=O)NS(=O)(=O)c1cc(C(=O)N(C)C)n(C)n1.CN(C)C(=O)c1cc(S(=O)(=O)NC(=O)Nc2c3c(cc4c2CCC4)CCC3)nn1C.CN(Cc1nccn1C)C(=O)c1cc(S(=O)(=O)NC(=O)Nc2c3c(cc4c2CCC4)CCC3)nn1C.CN(Cc1nccs1)C(=O)c1cc(S(=O)(=O)NC(=O)Nc2c3c(cc4c2CCC4)CCC3)nn1C. The van der Waals surface area contributed by atoms with Crippen LogP contribution in [0.15, 0.2) is 98.7 Å². The molecule has 6 heterocycles. The number of hydrogen-bond donors (Lipinski definition) is 8. The van der Waals surface area contributed by atoms with E-state index in [2.05, 4.69) is 79.3 Å². The first-order valence-electron chi connectivity index (χ1n) is 42.9. The van der Waals surface area contributed by atoms with Gasteiger partial charge in [0.2, 0.25) is 0 Å². The fourth-order valence-corrected chi connectivity index (χ4v) is 21.7. The number of benzene rings is 4. The lowest BCUT2D eigenvalue weighted by molar-refractivity contribution is 0.0764. The number of urea groups is 4. The molecule has 6 aromatic heterocycles. The van der Waals surface area contributed by atoms with E-state index in [0.717, 1.165) is 199 Å². The van der Waals surface area contributed by atoms with Crippen LogP contribution in [-0.2, 0) is 165 Å². The van der Waals surface area contributed by atoms with E-state index < -0.39 is 97.0 Å². The van der Waals surface area contributed by atoms with Crippen molar-refractivity contribution in [2.24, 2.45) is 35.2 Å². The number of fused-ring (bicyclic) bond motifs is 6. The van der Waals surface area contributed by atoms with E-state index in [1.54, 1.807) is 77.6 Å². The fraction of sp³-hybridized carbons (Fsp3) is 0.425. The Bertz CT molecular complexity index is 6600. The number of carbonyl (C=O) groups is 8. The largest absolute Gasteiger partial charge is 0.343 e. The summed E-state index contributed by atoms with van der Waals surface area (Å²) in [6.07, 6.45) is 22.3. The lowest BCUT2D eigenvalue weighted by atomic mass is 9.92. The molecule has 6 aliphatic carbocycles. The predicted octanol–water partition coefficient (Wildman–Crippen LogP) is 9.69. The highest BCUT2D eigenvalue weighted by atomic mass is 35.5. The van der Waals surface area contributed by atoms with Crippen LogP contribution < -0.4 is 40.2 Å². The summed E-state index contributed by atoms with van der Waals surface area (Å²) in [7, 11) is -0.00688. The standard InChI is InChI=1S/C24H29N7O4S.C23H26N6O4S2.C20H28ClN5O4S.C20H25N5O4S/c1-29-11-10-25-20(29)14-30(2)23(32)19-13-21(27-31(19)3)36(34,35)28-24(33)26-22-17-8-4-6-15(17)12-16-7-5-9-18(16)22;1-28(13-19-24-9-10-34-19)22(30)18-12-20(26-29(18)2)35(32,33)27-23(31)25-21-16-7-3-5-14(16)11-15-6-4-8-17(15)21;1-11(2)14-8-13(21)9-15(12(3)4)18(14)22-20(28)24-31(29,30)17-10-16(26(7)23-17)19(27)25(5)6;1-24(2)19(26)16-11-17(22-25(16)3)30(28,29)23-20(27)21-18-14-8-4-6-12(14)10-13-7-5-9-15(13)18/h10-13H,4-9,14H2,1-3H3,(H2,26,28,33);9-12H,3-8,13H2,1-2H3,(H2,25,27,31);8-12H,1-7H3,(H2,22,24,28);10-11H,4-9H2,1-3H3,(H2,21,23,27). The van der Waals surface area contributed by atoms with Crippen LogP contribution in [0.3, 0.4) is 0 Å². The van der Waals surface area contributed by atoms with Gasteiger partial charge in [0, 0.05) is 154 Å². The summed E-state index contributed by atoms with van der Waals surface area (Å²) in [5, 5.41) is 28.3. The van der Waals surface area contributed by atoms with E-state index in [1.165, 1.54) is 119 Å². The van der Waals surface area contributed by atoms with Crippen LogP contribution in [0.2, 0.25) is 5.02 Å². The first-order valence-corrected chi connectivity index (χ1v) is 50.1. The number of halogens is 1. The highest BCUT2D eigenvalue weighted by Crippen LogP contribution is 2.43. The number of imidazole rings is 1. The average Bonchev–Trinajstić information content (AvgIpc) is 1.63. The Hall–Kier alpha value is -12.4. The molecule has 4 aromatic carbocycles. The van der Waals surface area contributed by atoms with Gasteiger partial charge in [-0.1, -0.05) is 57.5 Å². The molecule has 0 fully saturated rings. The van der Waals surface area contributed by atoms with Crippen LogP contribution in [0.4, 0.5) is 41.9 Å². The van der Waals surface area contributed by atoms with Crippen molar-refractivity contribution < 1.29 is 72.0 Å². The van der Waals surface area contributed by atoms with Crippen LogP contribution in [0.5, 0.6) is 0 Å². The van der Waals surface area contributed by atoms with Crippen LogP contribution in [-0.4, -0.2) is 197 Å². The fourth-order valence-electron chi connectivity index (χ4n) is 17.2. The predicted molar refractivity (Wildman–Crippen MR) is 494 cm³/mol. The molecule has 45 heteroatoms. The molecule has 6 aliphatic rings. The first-order chi connectivity index (χ1) is 62.3. The van der Waals surface area contributed by atoms with Gasteiger partial charge in [-0.3, -0.25) is 37.9 Å². The van der Waals surface area contributed by atoms with Crippen LogP contribution >= 0.6 is 22.9 Å². The maximum absolute atomic E-state index is 13.0. The van der Waals surface area contributed by atoms with Gasteiger partial charge < -0.3 is 45.4 Å². The Balaban J connectivity index is 0.000000150. The van der Waals surface area contributed by atoms with Gasteiger partial charge in [-0.2, -0.15) is 54.1 Å². The highest BCUT2D eigenvalue weighted by molar-refractivity contribution is 7.90. The summed E-state index contributed by atoms with van der Waals surface area (Å²) >= 11 is 7.65. The molecule has 10 aromatic rings. The molecule has 0 radical (unpaired) electrons. The van der Waals surface area contributed by atoms with Gasteiger partial charge in [0.05, 0.1) is 13.1 Å². The van der Waals surface area contributed by atoms with Gasteiger partial charge in [-0.25, -0.2) is 48.0 Å². The number of aryl methyl sites for hydroxylation is 11. The van der Waals surface area contributed by atoms with E-state index in [1.807, 2.05) is 49.6 Å². The molecule has 0 atom stereocenters. The lowest BCUT2D eigenvalue weighted by Gasteiger charge is -2.21. The molecule has 704 valence electrons. The van der Waals surface area contributed by atoms with Crippen molar-refractivity contribution in [2.45, 2.75) is 188 Å². The Morgan fingerprint density at radius 3 is 0.917 bits per heavy atom. The Morgan fingerprint density at radius 1 is 0.379 bits per heavy atom. The smallest absolute Gasteiger partial charge is 0.333 e. The second kappa shape index (κ2) is 39.6. The van der Waals surface area contributed by atoms with Crippen molar-refractivity contribution in [3.8, 4) is 0 Å². The minimum absolute atomic E-state index is 0.0403. The summed E-state index contributed by atoms with van der Waals surface area (Å²) in [6.45, 7) is 8.33. The molecular formula is C87H108ClN23O16S5. The van der Waals surface area contributed by atoms with Crippen LogP contribution in [0, 0.1) is 0 Å².